The predicted molar refractivity (Wildman–Crippen MR) is 147 cm³/mol. The Morgan fingerprint density at radius 1 is 1.02 bits per heavy atom. The maximum atomic E-state index is 15.1. The van der Waals surface area contributed by atoms with Gasteiger partial charge in [-0.05, 0) is 42.5 Å². The molecule has 3 heterocycles. The number of ether oxygens (including phenoxy) is 2. The molecule has 3 aromatic rings. The third-order valence-electron chi connectivity index (χ3n) is 6.97. The molecular weight excluding hydrogens is 570 g/mol. The van der Waals surface area contributed by atoms with E-state index in [1.54, 1.807) is 21.9 Å². The molecule has 14 nitrogen and oxygen atoms in total. The number of amides is 4. The van der Waals surface area contributed by atoms with Crippen LogP contribution in [-0.2, 0) is 14.3 Å². The zero-order valence-corrected chi connectivity index (χ0v) is 23.0. The fourth-order valence-corrected chi connectivity index (χ4v) is 4.67. The third-order valence-corrected chi connectivity index (χ3v) is 6.97. The Labute approximate surface area is 244 Å². The van der Waals surface area contributed by atoms with Crippen LogP contribution in [0.25, 0.3) is 5.69 Å². The number of carbonyl (C=O) groups excluding carboxylic acids is 4. The lowest BCUT2D eigenvalue weighted by Crippen LogP contribution is -2.51. The number of hydrogen-bond acceptors (Lipinski definition) is 9. The van der Waals surface area contributed by atoms with Crippen molar-refractivity contribution in [2.45, 2.75) is 6.10 Å². The van der Waals surface area contributed by atoms with E-state index >= 15 is 4.39 Å². The van der Waals surface area contributed by atoms with Crippen molar-refractivity contribution in [3.05, 3.63) is 66.0 Å². The second-order valence-electron chi connectivity index (χ2n) is 9.70. The molecule has 2 N–H and O–H groups in total. The number of cyclic esters (lactones) is 1. The number of aromatic nitrogens is 3. The Morgan fingerprint density at radius 3 is 2.44 bits per heavy atom. The summed E-state index contributed by atoms with van der Waals surface area (Å²) >= 11 is 0. The molecule has 2 aliphatic heterocycles. The molecule has 2 fully saturated rings. The summed E-state index contributed by atoms with van der Waals surface area (Å²) in [4.78, 5) is 53.4. The molecule has 226 valence electrons. The standard InChI is InChI=1S/C27H28F2N8O6/c1-42-26(40)31-13-20-15-36(27(41)43-20)19-6-7-23(21(29)12-19)34-8-10-35(11-9-34)24(38)14-30-25(39)22-16-37(33-32-22)18-4-2-17(28)3-5-18/h2-7,12,16,20H,8-11,13-15H2,1H3,(H,30,39)(H,31,40). The van der Waals surface area contributed by atoms with Crippen molar-refractivity contribution in [1.29, 1.82) is 0 Å². The largest absolute Gasteiger partial charge is 0.453 e. The summed E-state index contributed by atoms with van der Waals surface area (Å²) < 4.78 is 39.3. The maximum absolute atomic E-state index is 15.1. The van der Waals surface area contributed by atoms with Gasteiger partial charge in [-0.25, -0.2) is 23.1 Å². The summed E-state index contributed by atoms with van der Waals surface area (Å²) in [7, 11) is 1.22. The van der Waals surface area contributed by atoms with E-state index in [1.807, 2.05) is 0 Å². The number of hydrogen-bond donors (Lipinski definition) is 2. The van der Waals surface area contributed by atoms with Crippen molar-refractivity contribution in [2.75, 3.05) is 62.7 Å². The zero-order chi connectivity index (χ0) is 30.5. The highest BCUT2D eigenvalue weighted by Crippen LogP contribution is 2.28. The molecule has 16 heteroatoms. The first-order chi connectivity index (χ1) is 20.7. The zero-order valence-electron chi connectivity index (χ0n) is 23.0. The van der Waals surface area contributed by atoms with E-state index in [1.165, 1.54) is 53.2 Å². The monoisotopic (exact) mass is 598 g/mol. The molecule has 0 radical (unpaired) electrons. The van der Waals surface area contributed by atoms with Crippen molar-refractivity contribution < 1.29 is 37.4 Å². The first kappa shape index (κ1) is 29.2. The van der Waals surface area contributed by atoms with E-state index in [2.05, 4.69) is 25.7 Å². The van der Waals surface area contributed by atoms with Gasteiger partial charge in [-0.1, -0.05) is 5.21 Å². The van der Waals surface area contributed by atoms with Crippen LogP contribution < -0.4 is 20.4 Å². The third kappa shape index (κ3) is 6.79. The fourth-order valence-electron chi connectivity index (χ4n) is 4.67. The van der Waals surface area contributed by atoms with Crippen LogP contribution in [0.15, 0.2) is 48.7 Å². The van der Waals surface area contributed by atoms with E-state index in [0.717, 1.165) is 0 Å². The minimum atomic E-state index is -0.652. The van der Waals surface area contributed by atoms with Gasteiger partial charge in [0, 0.05) is 26.2 Å². The van der Waals surface area contributed by atoms with Crippen LogP contribution in [0.3, 0.4) is 0 Å². The van der Waals surface area contributed by atoms with Gasteiger partial charge in [0.2, 0.25) is 5.91 Å². The lowest BCUT2D eigenvalue weighted by molar-refractivity contribution is -0.130. The smallest absolute Gasteiger partial charge is 0.414 e. The van der Waals surface area contributed by atoms with Gasteiger partial charge in [0.25, 0.3) is 5.91 Å². The number of piperazine rings is 1. The number of methoxy groups -OCH3 is 1. The second-order valence-corrected chi connectivity index (χ2v) is 9.70. The van der Waals surface area contributed by atoms with Gasteiger partial charge in [-0.15, -0.1) is 5.10 Å². The first-order valence-corrected chi connectivity index (χ1v) is 13.3. The van der Waals surface area contributed by atoms with E-state index in [9.17, 15) is 23.6 Å². The van der Waals surface area contributed by atoms with E-state index in [4.69, 9.17) is 4.74 Å². The quantitative estimate of drug-likeness (QED) is 0.391. The van der Waals surface area contributed by atoms with Gasteiger partial charge >= 0.3 is 12.2 Å². The summed E-state index contributed by atoms with van der Waals surface area (Å²) in [5.41, 5.74) is 1.15. The van der Waals surface area contributed by atoms with Gasteiger partial charge in [0.05, 0.1) is 50.0 Å². The highest BCUT2D eigenvalue weighted by molar-refractivity contribution is 5.94. The number of halogens is 2. The summed E-state index contributed by atoms with van der Waals surface area (Å²) in [5.74, 6) is -1.84. The average Bonchev–Trinajstić information content (AvgIpc) is 3.66. The Balaban J connectivity index is 1.09. The molecule has 0 aliphatic carbocycles. The van der Waals surface area contributed by atoms with Crippen LogP contribution in [0, 0.1) is 11.6 Å². The number of nitrogens with one attached hydrogen (secondary N) is 2. The number of alkyl carbamates (subject to hydrolysis) is 1. The van der Waals surface area contributed by atoms with E-state index in [-0.39, 0.29) is 31.2 Å². The molecule has 0 spiro atoms. The first-order valence-electron chi connectivity index (χ1n) is 13.3. The lowest BCUT2D eigenvalue weighted by atomic mass is 10.2. The fraction of sp³-hybridized carbons (Fsp3) is 0.333. The number of carbonyl (C=O) groups is 4. The molecule has 5 rings (SSSR count). The maximum Gasteiger partial charge on any atom is 0.414 e. The molecular formula is C27H28F2N8O6. The average molecular weight is 599 g/mol. The Hall–Kier alpha value is -5.28. The van der Waals surface area contributed by atoms with Crippen molar-refractivity contribution in [3.63, 3.8) is 0 Å². The van der Waals surface area contributed by atoms with Crippen LogP contribution in [0.4, 0.5) is 29.7 Å². The summed E-state index contributed by atoms with van der Waals surface area (Å²) in [6.07, 6.45) is -0.541. The summed E-state index contributed by atoms with van der Waals surface area (Å²) in [6, 6.07) is 9.91. The van der Waals surface area contributed by atoms with Crippen LogP contribution in [0.1, 0.15) is 10.5 Å². The number of rotatable bonds is 8. The molecule has 1 unspecified atom stereocenters. The van der Waals surface area contributed by atoms with Crippen molar-refractivity contribution in [3.8, 4) is 5.69 Å². The lowest BCUT2D eigenvalue weighted by Gasteiger charge is -2.36. The van der Waals surface area contributed by atoms with E-state index < -0.39 is 35.8 Å². The van der Waals surface area contributed by atoms with Crippen LogP contribution in [0.2, 0.25) is 0 Å². The number of nitrogens with zero attached hydrogens (tertiary/aromatic N) is 6. The predicted octanol–water partition coefficient (Wildman–Crippen LogP) is 1.31. The summed E-state index contributed by atoms with van der Waals surface area (Å²) in [6.45, 7) is 1.26. The summed E-state index contributed by atoms with van der Waals surface area (Å²) in [5, 5.41) is 12.7. The van der Waals surface area contributed by atoms with Crippen LogP contribution in [-0.4, -0.2) is 103 Å². The molecule has 2 saturated heterocycles. The van der Waals surface area contributed by atoms with Crippen LogP contribution in [0.5, 0.6) is 0 Å². The molecule has 0 saturated carbocycles. The Morgan fingerprint density at radius 2 is 1.74 bits per heavy atom. The second kappa shape index (κ2) is 12.7. The highest BCUT2D eigenvalue weighted by Gasteiger charge is 2.33. The SMILES string of the molecule is COC(=O)NCC1CN(c2ccc(N3CCN(C(=O)CNC(=O)c4cn(-c5ccc(F)cc5)nn4)CC3)c(F)c2)C(=O)O1. The highest BCUT2D eigenvalue weighted by atomic mass is 19.1. The molecule has 4 amide bonds. The van der Waals surface area contributed by atoms with Gasteiger partial charge in [0.1, 0.15) is 17.7 Å². The molecule has 2 aromatic carbocycles. The number of anilines is 2. The number of benzene rings is 2. The Kier molecular flexibility index (Phi) is 8.64. The van der Waals surface area contributed by atoms with Gasteiger partial charge in [-0.3, -0.25) is 14.5 Å². The topological polar surface area (TPSA) is 151 Å². The van der Waals surface area contributed by atoms with Gasteiger partial charge < -0.3 is 29.9 Å². The van der Waals surface area contributed by atoms with Gasteiger partial charge in [0.15, 0.2) is 5.69 Å². The molecule has 43 heavy (non-hydrogen) atoms. The molecule has 0 bridgehead atoms. The van der Waals surface area contributed by atoms with Crippen molar-refractivity contribution in [2.24, 2.45) is 0 Å². The molecule has 1 aromatic heterocycles. The molecule has 1 atom stereocenters. The van der Waals surface area contributed by atoms with E-state index in [0.29, 0.717) is 43.2 Å². The minimum absolute atomic E-state index is 0.00330. The molecule has 2 aliphatic rings. The van der Waals surface area contributed by atoms with Crippen LogP contribution >= 0.6 is 0 Å². The Bertz CT molecular complexity index is 1510. The minimum Gasteiger partial charge on any atom is -0.453 e. The van der Waals surface area contributed by atoms with Crippen molar-refractivity contribution in [1.82, 2.24) is 30.5 Å². The normalized spacial score (nSPS) is 16.6. The van der Waals surface area contributed by atoms with Crippen molar-refractivity contribution >= 4 is 35.4 Å². The van der Waals surface area contributed by atoms with Gasteiger partial charge in [-0.2, -0.15) is 0 Å².